The number of aryl methyl sites for hydroxylation is 2. The van der Waals surface area contributed by atoms with Crippen LogP contribution in [-0.2, 0) is 38.4 Å². The van der Waals surface area contributed by atoms with Crippen molar-refractivity contribution in [3.05, 3.63) is 79.7 Å². The van der Waals surface area contributed by atoms with E-state index in [1.807, 2.05) is 10.9 Å². The first-order chi connectivity index (χ1) is 19.3. The van der Waals surface area contributed by atoms with Gasteiger partial charge in [0.25, 0.3) is 0 Å². The van der Waals surface area contributed by atoms with E-state index in [4.69, 9.17) is 26.1 Å². The normalized spacial score (nSPS) is 18.1. The molecule has 0 radical (unpaired) electrons. The minimum Gasteiger partial charge on any atom is -0.469 e. The lowest BCUT2D eigenvalue weighted by atomic mass is 9.81. The number of methoxy groups -OCH3 is 2. The summed E-state index contributed by atoms with van der Waals surface area (Å²) < 4.78 is 40.2. The Hall–Kier alpha value is -3.64. The van der Waals surface area contributed by atoms with Crippen LogP contribution in [0.1, 0.15) is 54.6 Å². The molecule has 2 unspecified atom stereocenters. The Morgan fingerprint density at radius 1 is 1.24 bits per heavy atom. The zero-order valence-corrected chi connectivity index (χ0v) is 23.3. The summed E-state index contributed by atoms with van der Waals surface area (Å²) in [6.07, 6.45) is 6.38. The number of amidine groups is 1. The van der Waals surface area contributed by atoms with Gasteiger partial charge >= 0.3 is 11.9 Å². The van der Waals surface area contributed by atoms with E-state index < -0.39 is 28.7 Å². The molecule has 1 aliphatic carbocycles. The molecule has 3 heterocycles. The molecule has 2 aliphatic rings. The van der Waals surface area contributed by atoms with Crippen molar-refractivity contribution in [2.24, 2.45) is 10.9 Å². The highest BCUT2D eigenvalue weighted by atomic mass is 35.5. The molecular formula is C28H30ClF2N5O4S. The first kappa shape index (κ1) is 30.3. The van der Waals surface area contributed by atoms with Crippen molar-refractivity contribution >= 4 is 40.7 Å². The van der Waals surface area contributed by atoms with Gasteiger partial charge in [-0.05, 0) is 37.3 Å². The summed E-state index contributed by atoms with van der Waals surface area (Å²) in [7, 11) is 2.62. The monoisotopic (exact) mass is 605 g/mol. The summed E-state index contributed by atoms with van der Waals surface area (Å²) in [4.78, 5) is 33.7. The number of ether oxygens (including phenoxy) is 2. The number of nitrogens with zero attached hydrogens (tertiary/aromatic N) is 4. The molecule has 0 saturated carbocycles. The summed E-state index contributed by atoms with van der Waals surface area (Å²) in [5, 5.41) is 9.91. The molecule has 3 aromatic rings. The van der Waals surface area contributed by atoms with Crippen molar-refractivity contribution in [2.45, 2.75) is 52.1 Å². The van der Waals surface area contributed by atoms with Gasteiger partial charge in [0.2, 0.25) is 0 Å². The largest absolute Gasteiger partial charge is 0.469 e. The Labute approximate surface area is 245 Å². The number of aromatic nitrogens is 3. The zero-order chi connectivity index (χ0) is 28.4. The van der Waals surface area contributed by atoms with E-state index in [-0.39, 0.29) is 30.5 Å². The Balaban J connectivity index is 0.00000387. The molecular weight excluding hydrogens is 576 g/mol. The van der Waals surface area contributed by atoms with Gasteiger partial charge in [-0.1, -0.05) is 25.1 Å². The number of carbonyl (C=O) groups is 2. The number of hydrogen-bond acceptors (Lipinski definition) is 9. The highest BCUT2D eigenvalue weighted by Gasteiger charge is 2.38. The van der Waals surface area contributed by atoms with E-state index in [2.05, 4.69) is 15.4 Å². The van der Waals surface area contributed by atoms with E-state index in [0.29, 0.717) is 55.2 Å². The fourth-order valence-electron chi connectivity index (χ4n) is 5.06. The molecule has 1 N–H and O–H groups in total. The van der Waals surface area contributed by atoms with Gasteiger partial charge in [-0.25, -0.2) is 18.6 Å². The van der Waals surface area contributed by atoms with Gasteiger partial charge in [0.05, 0.1) is 30.5 Å². The second-order valence-electron chi connectivity index (χ2n) is 9.41. The van der Waals surface area contributed by atoms with Crippen molar-refractivity contribution in [2.75, 3.05) is 14.2 Å². The number of thiazole rings is 1. The summed E-state index contributed by atoms with van der Waals surface area (Å²) in [6, 6.07) is 1.25. The number of carbonyl (C=O) groups excluding carboxylic acids is 2. The number of allylic oxidation sites excluding steroid dienone is 1. The summed E-state index contributed by atoms with van der Waals surface area (Å²) >= 11 is 7.61. The molecule has 218 valence electrons. The van der Waals surface area contributed by atoms with Crippen molar-refractivity contribution in [3.8, 4) is 0 Å². The maximum absolute atomic E-state index is 14.6. The predicted octanol–water partition coefficient (Wildman–Crippen LogP) is 5.18. The van der Waals surface area contributed by atoms with Crippen LogP contribution >= 0.6 is 22.9 Å². The maximum atomic E-state index is 14.6. The SMILES string of the molecule is C.COC(=O)CCCn1cc2c(n1)CCC(C1=C(C(=O)OC)C(c3ccc(F)c(F)c3Cl)N=C(c3nccs3)N1)C2. The standard InChI is InChI=1S/C27H26ClF2N5O4S.CH4/c1-38-19(36)4-3-10-35-13-15-12-14(5-8-18(15)34-35)23-20(27(37)39-2)24(16-6-7-17(29)22(30)21(16)28)33-25(32-23)26-31-9-11-40-26;/h6-7,9,11,13-14,24H,3-5,8,10,12H2,1-2H3,(H,32,33);1H4. The van der Waals surface area contributed by atoms with Crippen LogP contribution in [0, 0.1) is 17.6 Å². The van der Waals surface area contributed by atoms with Gasteiger partial charge in [0, 0.05) is 47.9 Å². The molecule has 13 heteroatoms. The first-order valence-corrected chi connectivity index (χ1v) is 13.9. The van der Waals surface area contributed by atoms with Crippen molar-refractivity contribution in [1.29, 1.82) is 0 Å². The molecule has 41 heavy (non-hydrogen) atoms. The van der Waals surface area contributed by atoms with Gasteiger partial charge in [-0.15, -0.1) is 11.3 Å². The quantitative estimate of drug-likeness (QED) is 0.278. The van der Waals surface area contributed by atoms with Crippen LogP contribution < -0.4 is 5.32 Å². The number of hydrogen-bond donors (Lipinski definition) is 1. The molecule has 1 aliphatic heterocycles. The molecule has 1 aromatic carbocycles. The Bertz CT molecular complexity index is 1510. The fourth-order valence-corrected chi connectivity index (χ4v) is 5.90. The number of rotatable bonds is 8. The minimum atomic E-state index is -1.21. The summed E-state index contributed by atoms with van der Waals surface area (Å²) in [5.74, 6) is -3.00. The van der Waals surface area contributed by atoms with E-state index in [1.54, 1.807) is 11.6 Å². The van der Waals surface area contributed by atoms with Crippen LogP contribution in [0.4, 0.5) is 8.78 Å². The molecule has 0 saturated heterocycles. The average molecular weight is 606 g/mol. The fraction of sp³-hybridized carbons (Fsp3) is 0.393. The van der Waals surface area contributed by atoms with Gasteiger partial charge in [0.15, 0.2) is 22.5 Å². The van der Waals surface area contributed by atoms with Crippen LogP contribution in [0.3, 0.4) is 0 Å². The van der Waals surface area contributed by atoms with E-state index in [0.717, 1.165) is 17.3 Å². The van der Waals surface area contributed by atoms with Gasteiger partial charge < -0.3 is 14.8 Å². The van der Waals surface area contributed by atoms with Gasteiger partial charge in [0.1, 0.15) is 6.04 Å². The van der Waals surface area contributed by atoms with Crippen LogP contribution in [0.25, 0.3) is 0 Å². The Kier molecular flexibility index (Phi) is 9.54. The second-order valence-corrected chi connectivity index (χ2v) is 10.7. The number of aliphatic imine (C=N–C) groups is 1. The highest BCUT2D eigenvalue weighted by Crippen LogP contribution is 2.41. The molecule has 5 rings (SSSR count). The zero-order valence-electron chi connectivity index (χ0n) is 21.7. The van der Waals surface area contributed by atoms with Gasteiger partial charge in [-0.2, -0.15) is 5.10 Å². The molecule has 2 aromatic heterocycles. The third-order valence-electron chi connectivity index (χ3n) is 7.00. The first-order valence-electron chi connectivity index (χ1n) is 12.6. The third kappa shape index (κ3) is 6.18. The van der Waals surface area contributed by atoms with Crippen LogP contribution in [0.5, 0.6) is 0 Å². The number of halogens is 3. The van der Waals surface area contributed by atoms with Crippen LogP contribution in [-0.4, -0.2) is 46.8 Å². The number of fused-ring (bicyclic) bond motifs is 1. The van der Waals surface area contributed by atoms with Crippen molar-refractivity contribution < 1.29 is 27.8 Å². The lowest BCUT2D eigenvalue weighted by Crippen LogP contribution is -2.38. The molecule has 2 atom stereocenters. The molecule has 9 nitrogen and oxygen atoms in total. The second kappa shape index (κ2) is 12.9. The van der Waals surface area contributed by atoms with E-state index in [1.165, 1.54) is 31.6 Å². The topological polar surface area (TPSA) is 108 Å². The van der Waals surface area contributed by atoms with E-state index in [9.17, 15) is 18.4 Å². The maximum Gasteiger partial charge on any atom is 0.338 e. The molecule has 0 fully saturated rings. The van der Waals surface area contributed by atoms with Crippen molar-refractivity contribution in [1.82, 2.24) is 20.1 Å². The minimum absolute atomic E-state index is 0. The summed E-state index contributed by atoms with van der Waals surface area (Å²) in [6.45, 7) is 0.568. The lowest BCUT2D eigenvalue weighted by Gasteiger charge is -2.32. The number of nitrogens with one attached hydrogen (secondary N) is 1. The Morgan fingerprint density at radius 3 is 2.76 bits per heavy atom. The number of benzene rings is 1. The van der Waals surface area contributed by atoms with Crippen LogP contribution in [0.15, 0.2) is 46.2 Å². The van der Waals surface area contributed by atoms with Crippen molar-refractivity contribution in [3.63, 3.8) is 0 Å². The average Bonchev–Trinajstić information content (AvgIpc) is 3.65. The lowest BCUT2D eigenvalue weighted by molar-refractivity contribution is -0.140. The number of esters is 2. The highest BCUT2D eigenvalue weighted by molar-refractivity contribution is 7.11. The van der Waals surface area contributed by atoms with Crippen LogP contribution in [0.2, 0.25) is 5.02 Å². The predicted molar refractivity (Wildman–Crippen MR) is 151 cm³/mol. The molecule has 0 spiro atoms. The molecule has 0 bridgehead atoms. The smallest absolute Gasteiger partial charge is 0.338 e. The van der Waals surface area contributed by atoms with Gasteiger partial charge in [-0.3, -0.25) is 14.5 Å². The Morgan fingerprint density at radius 2 is 2.05 bits per heavy atom. The molecule has 0 amide bonds. The third-order valence-corrected chi connectivity index (χ3v) is 8.16. The van der Waals surface area contributed by atoms with E-state index >= 15 is 0 Å². The summed E-state index contributed by atoms with van der Waals surface area (Å²) in [5.41, 5.74) is 2.87.